The Hall–Kier alpha value is -2.31. The van der Waals surface area contributed by atoms with Crippen molar-refractivity contribution >= 4 is 84.6 Å². The predicted octanol–water partition coefficient (Wildman–Crippen LogP) is 3.26. The van der Waals surface area contributed by atoms with Gasteiger partial charge in [-0.2, -0.15) is 15.8 Å². The number of nitrogens with two attached hydrogens (primary N) is 1. The van der Waals surface area contributed by atoms with Crippen molar-refractivity contribution in [2.75, 3.05) is 114 Å². The normalized spacial score (nSPS) is 32.9. The summed E-state index contributed by atoms with van der Waals surface area (Å²) in [7, 11) is 16.8. The summed E-state index contributed by atoms with van der Waals surface area (Å²) in [6, 6.07) is 5.64. The maximum atomic E-state index is 11.9. The van der Waals surface area contributed by atoms with E-state index in [9.17, 15) is 19.2 Å². The number of likely N-dealkylation sites (N-methyl/N-ethyl adjacent to an activating group) is 4. The van der Waals surface area contributed by atoms with Gasteiger partial charge in [-0.15, -0.1) is 0 Å². The fourth-order valence-electron chi connectivity index (χ4n) is 11.6. The highest BCUT2D eigenvalue weighted by Gasteiger charge is 2.41. The van der Waals surface area contributed by atoms with Crippen LogP contribution in [0.15, 0.2) is 0 Å². The third kappa shape index (κ3) is 37.7. The number of rotatable bonds is 41. The van der Waals surface area contributed by atoms with Crippen LogP contribution < -0.4 is 37.2 Å². The Labute approximate surface area is 641 Å². The summed E-state index contributed by atoms with van der Waals surface area (Å²) in [5.41, 5.74) is 5.51. The zero-order valence-corrected chi connectivity index (χ0v) is 67.4. The van der Waals surface area contributed by atoms with Gasteiger partial charge in [0.1, 0.15) is 52.7 Å². The third-order valence-electron chi connectivity index (χ3n) is 17.2. The van der Waals surface area contributed by atoms with Crippen molar-refractivity contribution < 1.29 is 103 Å². The number of aliphatic hydroxyl groups excluding tert-OH is 2. The molecule has 0 spiro atoms. The molecule has 0 aromatic carbocycles. The summed E-state index contributed by atoms with van der Waals surface area (Å²) in [5, 5.41) is 63.2. The van der Waals surface area contributed by atoms with Gasteiger partial charge in [-0.1, -0.05) is 0 Å². The Morgan fingerprint density at radius 2 is 0.943 bits per heavy atom. The molecule has 7 fully saturated rings. The lowest BCUT2D eigenvalue weighted by Gasteiger charge is -2.36. The zero-order chi connectivity index (χ0) is 80.7. The van der Waals surface area contributed by atoms with Crippen LogP contribution in [0.5, 0.6) is 0 Å². The van der Waals surface area contributed by atoms with E-state index in [1.54, 1.807) is 7.05 Å². The Morgan fingerprint density at radius 3 is 1.31 bits per heavy atom. The quantitative estimate of drug-likeness (QED) is 0.0184. The fourth-order valence-corrected chi connectivity index (χ4v) is 18.0. The molecule has 0 saturated carbocycles. The van der Waals surface area contributed by atoms with Crippen molar-refractivity contribution in [2.45, 2.75) is 267 Å². The number of Topliss-reactive ketones (excluding diaryl/α,β-unsaturated/α-hetero) is 2. The average molecular weight is 1590 g/mol. The molecule has 598 valence electrons. The zero-order valence-electron chi connectivity index (χ0n) is 66.1. The molecule has 7 aliphatic rings. The van der Waals surface area contributed by atoms with E-state index in [0.29, 0.717) is 25.7 Å². The summed E-state index contributed by atoms with van der Waals surface area (Å²) in [4.78, 5) is 44.9. The molecule has 7 aliphatic heterocycles. The first-order valence-electron chi connectivity index (χ1n) is 37.6. The molecular weight excluding hydrogens is 1460 g/mol. The number of esters is 2. The van der Waals surface area contributed by atoms with E-state index in [1.165, 1.54) is 13.8 Å². The SMILES string of the molecule is [3H][C@H]1C[C@H](NC)[C@@H](COC(=O)CCC(C)=O)O1.[3H][C@H]1C[C@H](NP(=S)(OCCC#N)OC[C@H]2O[C@@H](C)C[C@@H]2NC)[C@@H](COC(=O)CCC(C)=O)O1.[3H][C@H]1C[C@H](NP(=S)(OCCC#N)OC[C@H]2O[C@@H](C)C[C@@H]2NC)[C@@H](COP(OCCC#N)N(C(C)C)C(C)C)O1.[B][C@H]1C[C@H](N)[C@@H](CO)O1.[B][C@H]1C[C@H](NC)[C@@H](CO)O1. The van der Waals surface area contributed by atoms with Gasteiger partial charge in [0.05, 0.1) is 150 Å². The predicted molar refractivity (Wildman–Crippen MR) is 402 cm³/mol. The van der Waals surface area contributed by atoms with Crippen LogP contribution in [0.4, 0.5) is 0 Å². The lowest BCUT2D eigenvalue weighted by Crippen LogP contribution is -2.40. The number of hydrogen-bond acceptors (Lipinski definition) is 32. The second kappa shape index (κ2) is 53.6. The number of ketones is 2. The molecule has 7 heterocycles. The van der Waals surface area contributed by atoms with Gasteiger partial charge < -0.3 is 117 Å². The van der Waals surface area contributed by atoms with Crippen LogP contribution in [0.2, 0.25) is 0 Å². The Bertz CT molecular complexity index is 2840. The maximum absolute atomic E-state index is 11.9. The minimum atomic E-state index is -3.07. The highest BCUT2D eigenvalue weighted by Crippen LogP contribution is 2.50. The van der Waals surface area contributed by atoms with Gasteiger partial charge in [0, 0.05) is 99.0 Å². The number of carbonyl (C=O) groups is 4. The van der Waals surface area contributed by atoms with Crippen LogP contribution in [-0.4, -0.2) is 289 Å². The van der Waals surface area contributed by atoms with Crippen molar-refractivity contribution in [1.29, 1.82) is 15.8 Å². The molecule has 7 rings (SSSR count). The number of ether oxygens (including phenoxy) is 9. The molecule has 0 aromatic rings. The lowest BCUT2D eigenvalue weighted by atomic mass is 9.95. The number of hydrogen-bond donors (Lipinski definition) is 9. The van der Waals surface area contributed by atoms with Crippen LogP contribution in [0, 0.1) is 34.0 Å². The molecule has 32 nitrogen and oxygen atoms in total. The van der Waals surface area contributed by atoms with Gasteiger partial charge in [-0.3, -0.25) is 9.59 Å². The number of nitriles is 3. The van der Waals surface area contributed by atoms with E-state index in [1.807, 2.05) is 41.1 Å². The minimum Gasteiger partial charge on any atom is -0.463 e. The second-order valence-corrected chi connectivity index (χ2v) is 34.2. The maximum Gasteiger partial charge on any atom is 0.306 e. The van der Waals surface area contributed by atoms with E-state index < -0.39 is 71.7 Å². The standard InChI is InChI=1S/C24H45N5O6P2S.C20H34N3O7PS.C11H19NO4.C6H12BNO2.C5H10BNO2/c1-18(2)29(19(3)4)36(31-12-7-10-25)32-16-23-21(9-14-30-23)28-37(38,33-13-8-11-26)34-17-24-22(27-6)15-20(5)35-24;1-14(24)5-6-20(25)27-12-18-16(7-10-26-18)23-31(32,28-9-4-8-21)29-13-19-17(22-3)11-15(2)30-19;1-8(13)3-4-11(14)16-7-10-9(12-2)5-6-15-10;1-8-4-2-6(7)10-5(4)3-9;6-5-1-3(7)4(2-8)9-5/h18-24,27H,7-9,12-17H2,1-6H3,(H,28,38);15-19,22H,4-7,9-13H2,1-3H3,(H,23,32);9-10,12H,3-7H2,1-2H3;4-6,8-9H,2-3H2,1H3;3-5,8H,1-2,7H2/t20-,21-,22-,23+,24+,36?,37?;15-,16-,17-,18+,19+,31?;9-,10+;4-,5+,6+;3-,4+,5+/m00000/s1/i14T;10T;6T;;/t14-,20-,21-,22-,23+,24+,36?,37?;10-,15-,16-,17-,18+,19+,31?;6-,9-,10+;2m. The molecule has 105 heavy (non-hydrogen) atoms. The van der Waals surface area contributed by atoms with Gasteiger partial charge in [0.25, 0.3) is 21.8 Å². The van der Waals surface area contributed by atoms with Gasteiger partial charge in [0.15, 0.2) is 0 Å². The van der Waals surface area contributed by atoms with E-state index in [-0.39, 0.29) is 226 Å². The molecule has 0 aromatic heterocycles. The molecule has 10 N–H and O–H groups in total. The van der Waals surface area contributed by atoms with Crippen LogP contribution >= 0.6 is 21.8 Å². The van der Waals surface area contributed by atoms with Crippen molar-refractivity contribution in [1.82, 2.24) is 36.1 Å². The van der Waals surface area contributed by atoms with E-state index >= 15 is 0 Å². The smallest absolute Gasteiger partial charge is 0.306 e. The van der Waals surface area contributed by atoms with Crippen LogP contribution in [0.3, 0.4) is 0 Å². The molecule has 0 aliphatic carbocycles. The van der Waals surface area contributed by atoms with Crippen molar-refractivity contribution in [3.63, 3.8) is 0 Å². The first kappa shape index (κ1) is 91.6. The molecule has 39 heteroatoms. The summed E-state index contributed by atoms with van der Waals surface area (Å²) >= 11 is 11.5. The highest BCUT2D eigenvalue weighted by atomic mass is 32.5. The topological polar surface area (TPSA) is 420 Å². The molecule has 7 saturated heterocycles. The molecule has 3 unspecified atom stereocenters. The molecule has 0 bridgehead atoms. The van der Waals surface area contributed by atoms with Crippen LogP contribution in [-0.2, 0) is 113 Å². The second-order valence-electron chi connectivity index (χ2n) is 26.3. The Balaban J connectivity index is 0.000000389. The molecular formula is C66H120B2N11O21P3S2. The van der Waals surface area contributed by atoms with E-state index in [0.717, 1.165) is 19.3 Å². The number of aliphatic hydroxyl groups is 2. The van der Waals surface area contributed by atoms with Gasteiger partial charge in [-0.25, -0.2) is 14.8 Å². The van der Waals surface area contributed by atoms with Crippen molar-refractivity contribution in [3.8, 4) is 18.2 Å². The third-order valence-corrected chi connectivity index (χ3v) is 24.4. The van der Waals surface area contributed by atoms with Gasteiger partial charge >= 0.3 is 11.9 Å². The molecule has 4 radical (unpaired) electrons. The largest absolute Gasteiger partial charge is 0.463 e. The number of carbonyl (C=O) groups excluding carboxylic acids is 4. The average Bonchev–Trinajstić information content (AvgIpc) is 1.66. The van der Waals surface area contributed by atoms with Crippen LogP contribution in [0.1, 0.15) is 149 Å². The first-order valence-corrected chi connectivity index (χ1v) is 42.2. The van der Waals surface area contributed by atoms with E-state index in [4.69, 9.17) is 145 Å². The summed E-state index contributed by atoms with van der Waals surface area (Å²) in [6.07, 6.45) is 3.50. The first-order chi connectivity index (χ1) is 51.2. The van der Waals surface area contributed by atoms with Gasteiger partial charge in [-0.05, 0) is 152 Å². The number of nitrogens with zero attached hydrogens (tertiary/aromatic N) is 4. The van der Waals surface area contributed by atoms with Crippen molar-refractivity contribution in [2.24, 2.45) is 5.73 Å². The monoisotopic (exact) mass is 1590 g/mol. The summed E-state index contributed by atoms with van der Waals surface area (Å²) in [6.45, 7) is 8.05. The fraction of sp³-hybridized carbons (Fsp3) is 0.894. The Kier molecular flexibility index (Phi) is 46.7. The minimum absolute atomic E-state index is 0.00471. The van der Waals surface area contributed by atoms with Crippen LogP contribution in [0.25, 0.3) is 0 Å². The van der Waals surface area contributed by atoms with Gasteiger partial charge in [0.2, 0.25) is 0 Å². The van der Waals surface area contributed by atoms with Crippen molar-refractivity contribution in [3.05, 3.63) is 0 Å². The summed E-state index contributed by atoms with van der Waals surface area (Å²) < 4.78 is 111. The summed E-state index contributed by atoms with van der Waals surface area (Å²) in [5.74, 6) is -1.03. The molecule has 0 amide bonds. The molecule has 24 atom stereocenters. The van der Waals surface area contributed by atoms with E-state index in [2.05, 4.69) is 75.9 Å². The highest BCUT2D eigenvalue weighted by molar-refractivity contribution is 8.09. The number of nitrogens with one attached hydrogen (secondary N) is 6. The Morgan fingerprint density at radius 1 is 0.552 bits per heavy atom. The lowest BCUT2D eigenvalue weighted by molar-refractivity contribution is -0.148.